The van der Waals surface area contributed by atoms with Crippen LogP contribution >= 0.6 is 11.3 Å². The molecule has 0 bridgehead atoms. The summed E-state index contributed by atoms with van der Waals surface area (Å²) in [6.45, 7) is 4.72. The number of thiazole rings is 1. The SMILES string of the molecule is CCn1ncc2c1C(COC)CN(C(=O)c1cscn1)C2.O=C(O)C(F)(F)F. The van der Waals surface area contributed by atoms with E-state index in [1.54, 1.807) is 18.0 Å². The number of aryl methyl sites for hydroxylation is 1. The molecule has 1 aliphatic heterocycles. The first kappa shape index (κ1) is 21.8. The maximum atomic E-state index is 12.5. The molecule has 1 amide bonds. The minimum atomic E-state index is -5.08. The lowest BCUT2D eigenvalue weighted by atomic mass is 9.96. The van der Waals surface area contributed by atoms with Crippen LogP contribution < -0.4 is 0 Å². The Morgan fingerprint density at radius 1 is 1.43 bits per heavy atom. The fourth-order valence-electron chi connectivity index (χ4n) is 2.87. The van der Waals surface area contributed by atoms with Gasteiger partial charge in [0.1, 0.15) is 5.69 Å². The van der Waals surface area contributed by atoms with E-state index in [0.717, 1.165) is 12.1 Å². The van der Waals surface area contributed by atoms with Crippen LogP contribution in [-0.2, 0) is 22.6 Å². The number of fused-ring (bicyclic) bond motifs is 1. The zero-order chi connectivity index (χ0) is 20.9. The largest absolute Gasteiger partial charge is 0.490 e. The molecule has 3 heterocycles. The van der Waals surface area contributed by atoms with Gasteiger partial charge in [-0.15, -0.1) is 11.3 Å². The number of carbonyl (C=O) groups is 2. The van der Waals surface area contributed by atoms with Crippen molar-refractivity contribution < 1.29 is 32.6 Å². The van der Waals surface area contributed by atoms with Gasteiger partial charge in [-0.1, -0.05) is 0 Å². The van der Waals surface area contributed by atoms with Gasteiger partial charge in [0.15, 0.2) is 0 Å². The first-order valence-corrected chi connectivity index (χ1v) is 9.14. The number of hydrogen-bond donors (Lipinski definition) is 1. The highest BCUT2D eigenvalue weighted by Crippen LogP contribution is 2.29. The minimum absolute atomic E-state index is 0.0211. The lowest BCUT2D eigenvalue weighted by Crippen LogP contribution is -2.40. The summed E-state index contributed by atoms with van der Waals surface area (Å²) in [6.07, 6.45) is -3.22. The van der Waals surface area contributed by atoms with Gasteiger partial charge in [-0.25, -0.2) is 9.78 Å². The van der Waals surface area contributed by atoms with Crippen molar-refractivity contribution in [1.82, 2.24) is 19.7 Å². The smallest absolute Gasteiger partial charge is 0.475 e. The van der Waals surface area contributed by atoms with Crippen LogP contribution in [0.3, 0.4) is 0 Å². The van der Waals surface area contributed by atoms with Gasteiger partial charge in [-0.05, 0) is 6.92 Å². The quantitative estimate of drug-likeness (QED) is 0.816. The Hall–Kier alpha value is -2.47. The number of ether oxygens (including phenoxy) is 1. The van der Waals surface area contributed by atoms with E-state index >= 15 is 0 Å². The molecule has 154 valence electrons. The molecule has 2 aromatic heterocycles. The Labute approximate surface area is 162 Å². The number of carboxylic acids is 1. The molecule has 1 N–H and O–H groups in total. The van der Waals surface area contributed by atoms with Gasteiger partial charge in [0.25, 0.3) is 5.91 Å². The molecule has 2 aromatic rings. The van der Waals surface area contributed by atoms with Crippen molar-refractivity contribution in [1.29, 1.82) is 0 Å². The highest BCUT2D eigenvalue weighted by Gasteiger charge is 2.38. The Morgan fingerprint density at radius 2 is 2.11 bits per heavy atom. The predicted octanol–water partition coefficient (Wildman–Crippen LogP) is 2.38. The summed E-state index contributed by atoms with van der Waals surface area (Å²) in [5.74, 6) is -2.62. The van der Waals surface area contributed by atoms with Crippen molar-refractivity contribution in [2.45, 2.75) is 32.1 Å². The third-order valence-electron chi connectivity index (χ3n) is 4.00. The zero-order valence-corrected chi connectivity index (χ0v) is 16.0. The van der Waals surface area contributed by atoms with E-state index in [2.05, 4.69) is 17.0 Å². The molecule has 0 fully saturated rings. The molecule has 1 unspecified atom stereocenters. The van der Waals surface area contributed by atoms with Crippen LogP contribution in [0, 0.1) is 0 Å². The molecule has 0 aromatic carbocycles. The van der Waals surface area contributed by atoms with Crippen LogP contribution in [0.25, 0.3) is 0 Å². The van der Waals surface area contributed by atoms with E-state index in [1.807, 2.05) is 15.8 Å². The number of nitrogens with zero attached hydrogens (tertiary/aromatic N) is 4. The van der Waals surface area contributed by atoms with Gasteiger partial charge in [0.2, 0.25) is 0 Å². The van der Waals surface area contributed by atoms with E-state index in [0.29, 0.717) is 25.4 Å². The average molecular weight is 420 g/mol. The lowest BCUT2D eigenvalue weighted by molar-refractivity contribution is -0.192. The molecular formula is C16H19F3N4O4S. The first-order chi connectivity index (χ1) is 13.2. The third-order valence-corrected chi connectivity index (χ3v) is 4.58. The van der Waals surface area contributed by atoms with Gasteiger partial charge in [-0.3, -0.25) is 9.48 Å². The van der Waals surface area contributed by atoms with Crippen molar-refractivity contribution in [3.8, 4) is 0 Å². The van der Waals surface area contributed by atoms with E-state index in [9.17, 15) is 18.0 Å². The average Bonchev–Trinajstić information content (AvgIpc) is 3.30. The van der Waals surface area contributed by atoms with Gasteiger partial charge >= 0.3 is 12.1 Å². The minimum Gasteiger partial charge on any atom is -0.475 e. The maximum Gasteiger partial charge on any atom is 0.490 e. The Bertz CT molecular complexity index is 807. The van der Waals surface area contributed by atoms with Crippen LogP contribution in [0.4, 0.5) is 13.2 Å². The Morgan fingerprint density at radius 3 is 2.61 bits per heavy atom. The van der Waals surface area contributed by atoms with E-state index in [1.165, 1.54) is 17.0 Å². The maximum absolute atomic E-state index is 12.5. The molecular weight excluding hydrogens is 401 g/mol. The number of carboxylic acid groups (broad SMARTS) is 1. The zero-order valence-electron chi connectivity index (χ0n) is 15.1. The predicted molar refractivity (Wildman–Crippen MR) is 93.1 cm³/mol. The van der Waals surface area contributed by atoms with E-state index in [-0.39, 0.29) is 11.8 Å². The fraction of sp³-hybridized carbons (Fsp3) is 0.500. The van der Waals surface area contributed by atoms with Crippen molar-refractivity contribution >= 4 is 23.2 Å². The van der Waals surface area contributed by atoms with Crippen molar-refractivity contribution in [3.63, 3.8) is 0 Å². The van der Waals surface area contributed by atoms with E-state index < -0.39 is 12.1 Å². The summed E-state index contributed by atoms with van der Waals surface area (Å²) in [5.41, 5.74) is 4.50. The Kier molecular flexibility index (Phi) is 7.13. The van der Waals surface area contributed by atoms with Crippen molar-refractivity contribution in [2.75, 3.05) is 20.3 Å². The number of methoxy groups -OCH3 is 1. The molecule has 0 aliphatic carbocycles. The third kappa shape index (κ3) is 5.07. The topological polar surface area (TPSA) is 97.5 Å². The van der Waals surface area contributed by atoms with Crippen molar-refractivity contribution in [2.24, 2.45) is 0 Å². The number of carbonyl (C=O) groups excluding carboxylic acids is 1. The van der Waals surface area contributed by atoms with Crippen LogP contribution in [0.5, 0.6) is 0 Å². The monoisotopic (exact) mass is 420 g/mol. The molecule has 3 rings (SSSR count). The number of aliphatic carboxylic acids is 1. The second-order valence-corrected chi connectivity index (χ2v) is 6.60. The summed E-state index contributed by atoms with van der Waals surface area (Å²) >= 11 is 1.44. The van der Waals surface area contributed by atoms with Crippen LogP contribution in [0.15, 0.2) is 17.1 Å². The molecule has 0 spiro atoms. The number of rotatable bonds is 4. The summed E-state index contributed by atoms with van der Waals surface area (Å²) in [4.78, 5) is 27.3. The van der Waals surface area contributed by atoms with Crippen molar-refractivity contribution in [3.05, 3.63) is 34.0 Å². The molecule has 28 heavy (non-hydrogen) atoms. The second kappa shape index (κ2) is 9.15. The fourth-order valence-corrected chi connectivity index (χ4v) is 3.40. The summed E-state index contributed by atoms with van der Waals surface area (Å²) < 4.78 is 39.1. The first-order valence-electron chi connectivity index (χ1n) is 8.20. The molecule has 1 atom stereocenters. The number of amides is 1. The summed E-state index contributed by atoms with van der Waals surface area (Å²) in [5, 5.41) is 13.3. The number of aromatic nitrogens is 3. The standard InChI is InChI=1S/C14H18N4O2S.C2HF3O2/c1-3-18-13-10(4-16-18)5-17(6-11(13)7-20-2)14(19)12-8-21-9-15-12;3-2(4,5)1(6)7/h4,8-9,11H,3,5-7H2,1-2H3;(H,6,7). The van der Waals surface area contributed by atoms with Gasteiger partial charge < -0.3 is 14.7 Å². The molecule has 0 saturated carbocycles. The second-order valence-electron chi connectivity index (χ2n) is 5.89. The van der Waals surface area contributed by atoms with E-state index in [4.69, 9.17) is 14.6 Å². The van der Waals surface area contributed by atoms with Crippen LogP contribution in [-0.4, -0.2) is 63.1 Å². The van der Waals surface area contributed by atoms with Gasteiger partial charge in [0.05, 0.1) is 24.0 Å². The van der Waals surface area contributed by atoms with Gasteiger partial charge in [0, 0.05) is 43.6 Å². The number of halogens is 3. The van der Waals surface area contributed by atoms with Crippen LogP contribution in [0.2, 0.25) is 0 Å². The Balaban J connectivity index is 0.000000345. The normalized spacial score (nSPS) is 16.2. The highest BCUT2D eigenvalue weighted by molar-refractivity contribution is 7.07. The molecule has 12 heteroatoms. The number of alkyl halides is 3. The van der Waals surface area contributed by atoms with Gasteiger partial charge in [-0.2, -0.15) is 18.3 Å². The summed E-state index contributed by atoms with van der Waals surface area (Å²) in [6, 6.07) is 0. The molecule has 8 nitrogen and oxygen atoms in total. The highest BCUT2D eigenvalue weighted by atomic mass is 32.1. The van der Waals surface area contributed by atoms with Crippen LogP contribution in [0.1, 0.15) is 34.6 Å². The lowest BCUT2D eigenvalue weighted by Gasteiger charge is -2.32. The molecule has 1 aliphatic rings. The number of hydrogen-bond acceptors (Lipinski definition) is 6. The molecule has 0 saturated heterocycles. The molecule has 0 radical (unpaired) electrons. The summed E-state index contributed by atoms with van der Waals surface area (Å²) in [7, 11) is 1.69.